The Balaban J connectivity index is 2.81. The van der Waals surface area contributed by atoms with Gasteiger partial charge in [-0.2, -0.15) is 0 Å². The second kappa shape index (κ2) is 4.12. The molecule has 0 fully saturated rings. The fourth-order valence-corrected chi connectivity index (χ4v) is 1.28. The Labute approximate surface area is 78.0 Å². The molecule has 0 aliphatic carbocycles. The van der Waals surface area contributed by atoms with Gasteiger partial charge in [0.05, 0.1) is 18.4 Å². The molecule has 1 aliphatic rings. The first-order valence-corrected chi connectivity index (χ1v) is 4.38. The zero-order chi connectivity index (χ0) is 9.84. The van der Waals surface area contributed by atoms with Crippen LogP contribution in [0.2, 0.25) is 0 Å². The van der Waals surface area contributed by atoms with Crippen molar-refractivity contribution in [2.75, 3.05) is 6.61 Å². The second-order valence-electron chi connectivity index (χ2n) is 2.93. The molecule has 13 heavy (non-hydrogen) atoms. The number of hydrogen-bond acceptors (Lipinski definition) is 3. The van der Waals surface area contributed by atoms with Crippen LogP contribution in [0.15, 0.2) is 23.7 Å². The minimum absolute atomic E-state index is 0.0767. The summed E-state index contributed by atoms with van der Waals surface area (Å²) >= 11 is 0. The molecule has 0 amide bonds. The molecule has 0 saturated carbocycles. The van der Waals surface area contributed by atoms with Gasteiger partial charge < -0.3 is 9.47 Å². The topological polar surface area (TPSA) is 35.5 Å². The lowest BCUT2D eigenvalue weighted by Gasteiger charge is -2.17. The highest BCUT2D eigenvalue weighted by Gasteiger charge is 2.22. The second-order valence-corrected chi connectivity index (χ2v) is 2.93. The Morgan fingerprint density at radius 1 is 1.69 bits per heavy atom. The van der Waals surface area contributed by atoms with Crippen LogP contribution in [0.3, 0.4) is 0 Å². The third-order valence-electron chi connectivity index (χ3n) is 1.94. The molecule has 0 saturated heterocycles. The summed E-state index contributed by atoms with van der Waals surface area (Å²) in [5, 5.41) is 0. The van der Waals surface area contributed by atoms with Crippen LogP contribution in [0, 0.1) is 5.92 Å². The molecule has 0 N–H and O–H groups in total. The molecule has 72 valence electrons. The Morgan fingerprint density at radius 3 is 2.92 bits per heavy atom. The lowest BCUT2D eigenvalue weighted by molar-refractivity contribution is -0.139. The van der Waals surface area contributed by atoms with Crippen molar-refractivity contribution in [3.05, 3.63) is 23.7 Å². The van der Waals surface area contributed by atoms with E-state index in [0.29, 0.717) is 17.9 Å². The van der Waals surface area contributed by atoms with E-state index in [1.165, 1.54) is 0 Å². The summed E-state index contributed by atoms with van der Waals surface area (Å²) in [5.41, 5.74) is 0.615. The van der Waals surface area contributed by atoms with Gasteiger partial charge in [0.25, 0.3) is 0 Å². The maximum absolute atomic E-state index is 11.4. The minimum Gasteiger partial charge on any atom is -0.469 e. The van der Waals surface area contributed by atoms with E-state index in [1.54, 1.807) is 20.1 Å². The summed E-state index contributed by atoms with van der Waals surface area (Å²) in [5.74, 6) is 0.429. The molecule has 3 nitrogen and oxygen atoms in total. The highest BCUT2D eigenvalue weighted by molar-refractivity contribution is 5.90. The predicted octanol–water partition coefficient (Wildman–Crippen LogP) is 2.00. The van der Waals surface area contributed by atoms with E-state index >= 15 is 0 Å². The molecule has 1 unspecified atom stereocenters. The fourth-order valence-electron chi connectivity index (χ4n) is 1.28. The fraction of sp³-hybridized carbons (Fsp3) is 0.500. The van der Waals surface area contributed by atoms with Gasteiger partial charge in [0.15, 0.2) is 0 Å². The molecule has 0 spiro atoms. The molecule has 1 aliphatic heterocycles. The van der Waals surface area contributed by atoms with E-state index in [9.17, 15) is 4.79 Å². The van der Waals surface area contributed by atoms with Crippen LogP contribution in [0.25, 0.3) is 0 Å². The third kappa shape index (κ3) is 2.11. The van der Waals surface area contributed by atoms with E-state index in [2.05, 4.69) is 0 Å². The molecule has 0 aromatic heterocycles. The predicted molar refractivity (Wildman–Crippen MR) is 48.7 cm³/mol. The van der Waals surface area contributed by atoms with E-state index in [1.807, 2.05) is 13.0 Å². The van der Waals surface area contributed by atoms with Crippen LogP contribution in [0.5, 0.6) is 0 Å². The van der Waals surface area contributed by atoms with Crippen molar-refractivity contribution >= 4 is 5.97 Å². The largest absolute Gasteiger partial charge is 0.469 e. The SMILES string of the molecule is CCOC(=O)C1=C(C)OC=CC1C. The first kappa shape index (κ1) is 9.84. The first-order chi connectivity index (χ1) is 6.16. The Hall–Kier alpha value is -1.25. The minimum atomic E-state index is -0.281. The molecule has 1 heterocycles. The number of rotatable bonds is 2. The number of ether oxygens (including phenoxy) is 2. The van der Waals surface area contributed by atoms with E-state index in [0.717, 1.165) is 0 Å². The van der Waals surface area contributed by atoms with E-state index in [-0.39, 0.29) is 11.9 Å². The van der Waals surface area contributed by atoms with Crippen molar-refractivity contribution in [1.82, 2.24) is 0 Å². The average Bonchev–Trinajstić information content (AvgIpc) is 2.04. The molecule has 0 aromatic rings. The molecule has 0 bridgehead atoms. The van der Waals surface area contributed by atoms with Crippen molar-refractivity contribution in [2.24, 2.45) is 5.92 Å². The number of allylic oxidation sites excluding steroid dienone is 2. The summed E-state index contributed by atoms with van der Waals surface area (Å²) in [4.78, 5) is 11.4. The highest BCUT2D eigenvalue weighted by Crippen LogP contribution is 2.23. The number of carbonyl (C=O) groups excluding carboxylic acids is 1. The van der Waals surface area contributed by atoms with Gasteiger partial charge in [0.2, 0.25) is 0 Å². The van der Waals surface area contributed by atoms with Gasteiger partial charge in [-0.1, -0.05) is 6.92 Å². The Morgan fingerprint density at radius 2 is 2.38 bits per heavy atom. The Bertz CT molecular complexity index is 263. The monoisotopic (exact) mass is 182 g/mol. The van der Waals surface area contributed by atoms with Gasteiger partial charge in [0, 0.05) is 5.92 Å². The van der Waals surface area contributed by atoms with Crippen LogP contribution < -0.4 is 0 Å². The first-order valence-electron chi connectivity index (χ1n) is 4.38. The summed E-state index contributed by atoms with van der Waals surface area (Å²) in [7, 11) is 0. The number of esters is 1. The molecule has 0 aromatic carbocycles. The zero-order valence-corrected chi connectivity index (χ0v) is 8.16. The summed E-state index contributed by atoms with van der Waals surface area (Å²) in [6.07, 6.45) is 3.43. The molecule has 0 radical (unpaired) electrons. The molecule has 1 rings (SSSR count). The standard InChI is InChI=1S/C10H14O3/c1-4-12-10(11)9-7(2)5-6-13-8(9)3/h5-7H,4H2,1-3H3. The molecule has 1 atom stereocenters. The van der Waals surface area contributed by atoms with Gasteiger partial charge in [-0.25, -0.2) is 4.79 Å². The number of hydrogen-bond donors (Lipinski definition) is 0. The van der Waals surface area contributed by atoms with Crippen LogP contribution in [0.4, 0.5) is 0 Å². The summed E-state index contributed by atoms with van der Waals surface area (Å²) in [6, 6.07) is 0. The maximum Gasteiger partial charge on any atom is 0.338 e. The van der Waals surface area contributed by atoms with Gasteiger partial charge in [-0.15, -0.1) is 0 Å². The average molecular weight is 182 g/mol. The van der Waals surface area contributed by atoms with Crippen molar-refractivity contribution in [1.29, 1.82) is 0 Å². The van der Waals surface area contributed by atoms with Crippen LogP contribution >= 0.6 is 0 Å². The summed E-state index contributed by atoms with van der Waals surface area (Å²) in [6.45, 7) is 5.89. The van der Waals surface area contributed by atoms with Crippen molar-refractivity contribution < 1.29 is 14.3 Å². The van der Waals surface area contributed by atoms with Crippen LogP contribution in [-0.2, 0) is 14.3 Å². The Kier molecular flexibility index (Phi) is 3.12. The molecular formula is C10H14O3. The van der Waals surface area contributed by atoms with Crippen molar-refractivity contribution in [3.8, 4) is 0 Å². The maximum atomic E-state index is 11.4. The van der Waals surface area contributed by atoms with Crippen molar-refractivity contribution in [3.63, 3.8) is 0 Å². The summed E-state index contributed by atoms with van der Waals surface area (Å²) < 4.78 is 10.0. The molecule has 3 heteroatoms. The lowest BCUT2D eigenvalue weighted by atomic mass is 9.99. The van der Waals surface area contributed by atoms with Crippen LogP contribution in [0.1, 0.15) is 20.8 Å². The van der Waals surface area contributed by atoms with Crippen molar-refractivity contribution in [2.45, 2.75) is 20.8 Å². The van der Waals surface area contributed by atoms with Crippen LogP contribution in [-0.4, -0.2) is 12.6 Å². The normalized spacial score (nSPS) is 21.3. The van der Waals surface area contributed by atoms with E-state index in [4.69, 9.17) is 9.47 Å². The zero-order valence-electron chi connectivity index (χ0n) is 8.16. The lowest BCUT2D eigenvalue weighted by Crippen LogP contribution is -2.17. The third-order valence-corrected chi connectivity index (χ3v) is 1.94. The van der Waals surface area contributed by atoms with Gasteiger partial charge in [-0.3, -0.25) is 0 Å². The number of carbonyl (C=O) groups is 1. The van der Waals surface area contributed by atoms with Gasteiger partial charge >= 0.3 is 5.97 Å². The highest BCUT2D eigenvalue weighted by atomic mass is 16.5. The van der Waals surface area contributed by atoms with E-state index < -0.39 is 0 Å². The van der Waals surface area contributed by atoms with Gasteiger partial charge in [-0.05, 0) is 19.9 Å². The molecular weight excluding hydrogens is 168 g/mol. The quantitative estimate of drug-likeness (QED) is 0.613. The van der Waals surface area contributed by atoms with Gasteiger partial charge in [0.1, 0.15) is 5.76 Å². The smallest absolute Gasteiger partial charge is 0.338 e.